The maximum atomic E-state index is 12.2. The number of anilines is 1. The molecule has 2 rings (SSSR count). The van der Waals surface area contributed by atoms with Crippen LogP contribution in [0.2, 0.25) is 0 Å². The molecule has 0 fully saturated rings. The van der Waals surface area contributed by atoms with E-state index in [0.29, 0.717) is 23.0 Å². The third-order valence-electron chi connectivity index (χ3n) is 3.35. The van der Waals surface area contributed by atoms with Gasteiger partial charge in [-0.2, -0.15) is 0 Å². The van der Waals surface area contributed by atoms with Gasteiger partial charge in [0.2, 0.25) is 0 Å². The zero-order valence-corrected chi connectivity index (χ0v) is 12.3. The molecule has 1 unspecified atom stereocenters. The highest BCUT2D eigenvalue weighted by molar-refractivity contribution is 7.21. The van der Waals surface area contributed by atoms with Crippen LogP contribution in [0.1, 0.15) is 35.5 Å². The van der Waals surface area contributed by atoms with Crippen LogP contribution < -0.4 is 11.1 Å². The molecule has 5 heteroatoms. The number of hydrogen-bond acceptors (Lipinski definition) is 4. The largest absolute Gasteiger partial charge is 0.397 e. The molecule has 0 aliphatic rings. The van der Waals surface area contributed by atoms with Crippen molar-refractivity contribution in [2.75, 3.05) is 12.3 Å². The smallest absolute Gasteiger partial charge is 0.263 e. The molecular weight excluding hydrogens is 258 g/mol. The molecule has 0 bridgehead atoms. The van der Waals surface area contributed by atoms with Crippen LogP contribution >= 0.6 is 11.3 Å². The van der Waals surface area contributed by atoms with Gasteiger partial charge < -0.3 is 11.1 Å². The number of carbonyl (C=O) groups is 1. The Hall–Kier alpha value is -1.62. The fourth-order valence-electron chi connectivity index (χ4n) is 1.86. The van der Waals surface area contributed by atoms with Gasteiger partial charge in [-0.3, -0.25) is 4.79 Å². The minimum absolute atomic E-state index is 0.0970. The first-order chi connectivity index (χ1) is 9.04. The summed E-state index contributed by atoms with van der Waals surface area (Å²) in [5.41, 5.74) is 7.69. The standard InChI is InChI=1S/C14H19N3OS/c1-4-8(2)7-17-13(18)12-11(15)10-9(3)5-6-16-14(10)19-12/h5-6,8H,4,7,15H2,1-3H3,(H,17,18). The number of fused-ring (bicyclic) bond motifs is 1. The van der Waals surface area contributed by atoms with Crippen molar-refractivity contribution in [3.63, 3.8) is 0 Å². The zero-order valence-electron chi connectivity index (χ0n) is 11.5. The monoisotopic (exact) mass is 277 g/mol. The summed E-state index contributed by atoms with van der Waals surface area (Å²) in [6.45, 7) is 6.88. The van der Waals surface area contributed by atoms with Gasteiger partial charge in [0.05, 0.1) is 5.69 Å². The van der Waals surface area contributed by atoms with Crippen LogP contribution in [0.15, 0.2) is 12.3 Å². The van der Waals surface area contributed by atoms with Crippen molar-refractivity contribution in [2.24, 2.45) is 5.92 Å². The van der Waals surface area contributed by atoms with Gasteiger partial charge in [0.25, 0.3) is 5.91 Å². The molecular formula is C14H19N3OS. The molecule has 2 aromatic heterocycles. The molecule has 0 spiro atoms. The van der Waals surface area contributed by atoms with Gasteiger partial charge in [-0.15, -0.1) is 11.3 Å². The van der Waals surface area contributed by atoms with E-state index >= 15 is 0 Å². The summed E-state index contributed by atoms with van der Waals surface area (Å²) < 4.78 is 0. The second-order valence-electron chi connectivity index (χ2n) is 4.88. The number of nitrogen functional groups attached to an aromatic ring is 1. The summed E-state index contributed by atoms with van der Waals surface area (Å²) in [7, 11) is 0. The number of nitrogens with one attached hydrogen (secondary N) is 1. The Balaban J connectivity index is 2.28. The number of aromatic nitrogens is 1. The van der Waals surface area contributed by atoms with Gasteiger partial charge in [0.1, 0.15) is 9.71 Å². The lowest BCUT2D eigenvalue weighted by Crippen LogP contribution is -2.27. The van der Waals surface area contributed by atoms with E-state index in [1.807, 2.05) is 13.0 Å². The van der Waals surface area contributed by atoms with Gasteiger partial charge in [-0.1, -0.05) is 20.3 Å². The average molecular weight is 277 g/mol. The summed E-state index contributed by atoms with van der Waals surface area (Å²) in [6, 6.07) is 1.91. The number of pyridine rings is 1. The van der Waals surface area contributed by atoms with Crippen molar-refractivity contribution in [1.29, 1.82) is 0 Å². The predicted molar refractivity (Wildman–Crippen MR) is 80.6 cm³/mol. The van der Waals surface area contributed by atoms with Crippen molar-refractivity contribution >= 4 is 33.1 Å². The minimum atomic E-state index is -0.0970. The minimum Gasteiger partial charge on any atom is -0.397 e. The summed E-state index contributed by atoms with van der Waals surface area (Å²) >= 11 is 1.36. The number of hydrogen-bond donors (Lipinski definition) is 2. The van der Waals surface area contributed by atoms with E-state index in [-0.39, 0.29) is 5.91 Å². The highest BCUT2D eigenvalue weighted by atomic mass is 32.1. The second kappa shape index (κ2) is 5.57. The first kappa shape index (κ1) is 13.8. The van der Waals surface area contributed by atoms with Crippen LogP contribution in [0, 0.1) is 12.8 Å². The van der Waals surface area contributed by atoms with Crippen molar-refractivity contribution in [1.82, 2.24) is 10.3 Å². The number of aryl methyl sites for hydroxylation is 1. The first-order valence-electron chi connectivity index (χ1n) is 6.46. The second-order valence-corrected chi connectivity index (χ2v) is 5.88. The molecule has 4 nitrogen and oxygen atoms in total. The summed E-state index contributed by atoms with van der Waals surface area (Å²) in [5, 5.41) is 3.84. The fraction of sp³-hybridized carbons (Fsp3) is 0.429. The van der Waals surface area contributed by atoms with Gasteiger partial charge >= 0.3 is 0 Å². The molecule has 0 saturated heterocycles. The molecule has 102 valence electrons. The van der Waals surface area contributed by atoms with Crippen molar-refractivity contribution in [3.8, 4) is 0 Å². The van der Waals surface area contributed by atoms with Crippen LogP contribution in [0.4, 0.5) is 5.69 Å². The van der Waals surface area contributed by atoms with Gasteiger partial charge in [0, 0.05) is 18.1 Å². The highest BCUT2D eigenvalue weighted by Crippen LogP contribution is 2.34. The van der Waals surface area contributed by atoms with Crippen molar-refractivity contribution < 1.29 is 4.79 Å². The predicted octanol–water partition coefficient (Wildman–Crippen LogP) is 2.96. The molecule has 2 heterocycles. The Morgan fingerprint density at radius 1 is 1.58 bits per heavy atom. The quantitative estimate of drug-likeness (QED) is 0.902. The molecule has 0 saturated carbocycles. The highest BCUT2D eigenvalue weighted by Gasteiger charge is 2.18. The number of carbonyl (C=O) groups excluding carboxylic acids is 1. The van der Waals surface area contributed by atoms with Crippen LogP contribution in [0.25, 0.3) is 10.2 Å². The third kappa shape index (κ3) is 2.71. The van der Waals surface area contributed by atoms with Crippen LogP contribution in [0.5, 0.6) is 0 Å². The number of amides is 1. The maximum absolute atomic E-state index is 12.2. The van der Waals surface area contributed by atoms with E-state index in [0.717, 1.165) is 22.2 Å². The maximum Gasteiger partial charge on any atom is 0.263 e. The van der Waals surface area contributed by atoms with Crippen LogP contribution in [0.3, 0.4) is 0 Å². The Kier molecular flexibility index (Phi) is 4.04. The SMILES string of the molecule is CCC(C)CNC(=O)c1sc2nccc(C)c2c1N. The summed E-state index contributed by atoms with van der Waals surface area (Å²) in [5.74, 6) is 0.375. The van der Waals surface area contributed by atoms with E-state index < -0.39 is 0 Å². The molecule has 0 aliphatic carbocycles. The lowest BCUT2D eigenvalue weighted by Gasteiger charge is -2.09. The fourth-order valence-corrected chi connectivity index (χ4v) is 2.92. The van der Waals surface area contributed by atoms with Crippen LogP contribution in [-0.2, 0) is 0 Å². The average Bonchev–Trinajstić information content (AvgIpc) is 2.74. The van der Waals surface area contributed by atoms with E-state index in [2.05, 4.69) is 24.1 Å². The number of nitrogens with zero attached hydrogens (tertiary/aromatic N) is 1. The van der Waals surface area contributed by atoms with Crippen LogP contribution in [-0.4, -0.2) is 17.4 Å². The molecule has 2 aromatic rings. The van der Waals surface area contributed by atoms with Crippen molar-refractivity contribution in [2.45, 2.75) is 27.2 Å². The molecule has 1 amide bonds. The molecule has 0 aromatic carbocycles. The Morgan fingerprint density at radius 3 is 2.95 bits per heavy atom. The molecule has 1 atom stereocenters. The van der Waals surface area contributed by atoms with E-state index in [1.165, 1.54) is 11.3 Å². The van der Waals surface area contributed by atoms with E-state index in [4.69, 9.17) is 5.73 Å². The van der Waals surface area contributed by atoms with Crippen molar-refractivity contribution in [3.05, 3.63) is 22.7 Å². The summed E-state index contributed by atoms with van der Waals surface area (Å²) in [6.07, 6.45) is 2.79. The number of nitrogens with two attached hydrogens (primary N) is 1. The molecule has 3 N–H and O–H groups in total. The molecule has 19 heavy (non-hydrogen) atoms. The normalized spacial score (nSPS) is 12.6. The number of rotatable bonds is 4. The number of thiophene rings is 1. The van der Waals surface area contributed by atoms with Gasteiger partial charge in [-0.05, 0) is 24.5 Å². The lowest BCUT2D eigenvalue weighted by atomic mass is 10.1. The summed E-state index contributed by atoms with van der Waals surface area (Å²) in [4.78, 5) is 17.8. The molecule has 0 radical (unpaired) electrons. The Morgan fingerprint density at radius 2 is 2.32 bits per heavy atom. The Bertz CT molecular complexity index is 606. The first-order valence-corrected chi connectivity index (χ1v) is 7.28. The van der Waals surface area contributed by atoms with Gasteiger partial charge in [-0.25, -0.2) is 4.98 Å². The topological polar surface area (TPSA) is 68.0 Å². The third-order valence-corrected chi connectivity index (χ3v) is 4.46. The van der Waals surface area contributed by atoms with E-state index in [1.54, 1.807) is 6.20 Å². The Labute approximate surface area is 117 Å². The van der Waals surface area contributed by atoms with E-state index in [9.17, 15) is 4.79 Å². The van der Waals surface area contributed by atoms with Gasteiger partial charge in [0.15, 0.2) is 0 Å². The zero-order chi connectivity index (χ0) is 14.0. The lowest BCUT2D eigenvalue weighted by molar-refractivity contribution is 0.0953. The molecule has 0 aliphatic heterocycles.